The Morgan fingerprint density at radius 2 is 1.54 bits per heavy atom. The third-order valence-corrected chi connectivity index (χ3v) is 3.64. The Morgan fingerprint density at radius 1 is 1.08 bits per heavy atom. The molecule has 1 amide bonds. The van der Waals surface area contributed by atoms with E-state index in [0.717, 1.165) is 11.1 Å². The van der Waals surface area contributed by atoms with Crippen molar-refractivity contribution in [3.63, 3.8) is 0 Å². The molecule has 2 N–H and O–H groups in total. The molecule has 1 atom stereocenters. The van der Waals surface area contributed by atoms with Crippen LogP contribution in [0.3, 0.4) is 0 Å². The highest BCUT2D eigenvalue weighted by molar-refractivity contribution is 5.84. The normalized spacial score (nSPS) is 12.3. The number of rotatable bonds is 6. The highest BCUT2D eigenvalue weighted by Crippen LogP contribution is 2.23. The first kappa shape index (κ1) is 17.5. The fraction of sp³-hybridized carbons (Fsp3) is 0.278. The van der Waals surface area contributed by atoms with Crippen LogP contribution < -0.4 is 5.32 Å². The molecule has 0 unspecified atom stereocenters. The smallest absolute Gasteiger partial charge is 0.232 e. The molecular formula is C18H20N4O2. The van der Waals surface area contributed by atoms with Gasteiger partial charge in [-0.2, -0.15) is 0 Å². The Labute approximate surface area is 140 Å². The molecule has 0 saturated carbocycles. The summed E-state index contributed by atoms with van der Waals surface area (Å²) in [6, 6.07) is 17.3. The Balaban J connectivity index is 2.35. The van der Waals surface area contributed by atoms with E-state index in [9.17, 15) is 9.90 Å². The average molecular weight is 324 g/mol. The molecule has 0 aromatic heterocycles. The van der Waals surface area contributed by atoms with Gasteiger partial charge in [-0.1, -0.05) is 65.8 Å². The van der Waals surface area contributed by atoms with Crippen LogP contribution in [0, 0.1) is 0 Å². The summed E-state index contributed by atoms with van der Waals surface area (Å²) >= 11 is 0. The van der Waals surface area contributed by atoms with E-state index in [1.54, 1.807) is 0 Å². The van der Waals surface area contributed by atoms with Crippen molar-refractivity contribution in [2.24, 2.45) is 5.11 Å². The lowest BCUT2D eigenvalue weighted by Gasteiger charge is -2.27. The van der Waals surface area contributed by atoms with Crippen LogP contribution in [-0.2, 0) is 4.79 Å². The Bertz CT molecular complexity index is 680. The molecule has 2 rings (SSSR count). The number of carbonyl (C=O) groups is 1. The van der Waals surface area contributed by atoms with Crippen molar-refractivity contribution in [1.82, 2.24) is 5.32 Å². The van der Waals surface area contributed by atoms with Gasteiger partial charge >= 0.3 is 0 Å². The molecule has 0 aliphatic carbocycles. The topological polar surface area (TPSA) is 98.1 Å². The molecule has 0 aliphatic rings. The van der Waals surface area contributed by atoms with Gasteiger partial charge in [0.15, 0.2) is 0 Å². The van der Waals surface area contributed by atoms with E-state index in [0.29, 0.717) is 0 Å². The van der Waals surface area contributed by atoms with Crippen molar-refractivity contribution in [3.8, 4) is 0 Å². The van der Waals surface area contributed by atoms with E-state index in [1.807, 2.05) is 60.7 Å². The largest absolute Gasteiger partial charge is 0.389 e. The predicted molar refractivity (Wildman–Crippen MR) is 92.1 cm³/mol. The van der Waals surface area contributed by atoms with Crippen molar-refractivity contribution in [1.29, 1.82) is 0 Å². The molecule has 24 heavy (non-hydrogen) atoms. The molecule has 6 heteroatoms. The summed E-state index contributed by atoms with van der Waals surface area (Å²) in [4.78, 5) is 15.3. The lowest BCUT2D eigenvalue weighted by molar-refractivity contribution is -0.127. The van der Waals surface area contributed by atoms with Crippen LogP contribution in [0.25, 0.3) is 10.4 Å². The average Bonchev–Trinajstić information content (AvgIpc) is 2.58. The molecule has 0 heterocycles. The van der Waals surface area contributed by atoms with Crippen molar-refractivity contribution in [2.45, 2.75) is 31.5 Å². The first-order chi connectivity index (χ1) is 11.4. The minimum absolute atomic E-state index is 0.404. The fourth-order valence-electron chi connectivity index (χ4n) is 2.44. The van der Waals surface area contributed by atoms with Gasteiger partial charge < -0.3 is 10.4 Å². The zero-order valence-electron chi connectivity index (χ0n) is 13.6. The third kappa shape index (κ3) is 4.35. The first-order valence-electron chi connectivity index (χ1n) is 7.60. The van der Waals surface area contributed by atoms with Crippen molar-refractivity contribution in [2.75, 3.05) is 0 Å². The van der Waals surface area contributed by atoms with Crippen molar-refractivity contribution < 1.29 is 9.90 Å². The summed E-state index contributed by atoms with van der Waals surface area (Å²) in [5, 5.41) is 16.4. The van der Waals surface area contributed by atoms with Gasteiger partial charge in [0.1, 0.15) is 6.04 Å². The minimum Gasteiger partial charge on any atom is -0.389 e. The van der Waals surface area contributed by atoms with Gasteiger partial charge in [-0.05, 0) is 30.5 Å². The van der Waals surface area contributed by atoms with E-state index < -0.39 is 23.6 Å². The van der Waals surface area contributed by atoms with Crippen LogP contribution in [0.4, 0.5) is 0 Å². The summed E-state index contributed by atoms with van der Waals surface area (Å²) in [5.41, 5.74) is 9.01. The second-order valence-electron chi connectivity index (χ2n) is 6.02. The maximum absolute atomic E-state index is 12.6. The highest BCUT2D eigenvalue weighted by Gasteiger charge is 2.34. The zero-order valence-corrected chi connectivity index (χ0v) is 13.6. The van der Waals surface area contributed by atoms with Gasteiger partial charge in [-0.25, -0.2) is 0 Å². The van der Waals surface area contributed by atoms with E-state index in [2.05, 4.69) is 15.3 Å². The van der Waals surface area contributed by atoms with Crippen LogP contribution in [-0.4, -0.2) is 22.7 Å². The van der Waals surface area contributed by atoms with Gasteiger partial charge in [0.05, 0.1) is 11.6 Å². The lowest BCUT2D eigenvalue weighted by atomic mass is 9.95. The molecule has 0 bridgehead atoms. The number of benzene rings is 2. The van der Waals surface area contributed by atoms with E-state index in [-0.39, 0.29) is 0 Å². The standard InChI is InChI=1S/C18H20N4O2/c1-18(2,24)16(21-22-19)17(23)20-15(13-9-5-3-6-10-13)14-11-7-4-8-12-14/h3-12,15-16,24H,1-2H3,(H,20,23)/t16-/m1/s1. The van der Waals surface area contributed by atoms with Crippen LogP contribution >= 0.6 is 0 Å². The molecule has 0 saturated heterocycles. The number of carbonyl (C=O) groups excluding carboxylic acids is 1. The molecular weight excluding hydrogens is 304 g/mol. The van der Waals surface area contributed by atoms with Gasteiger partial charge in [-0.15, -0.1) is 0 Å². The number of nitrogens with one attached hydrogen (secondary N) is 1. The second-order valence-corrected chi connectivity index (χ2v) is 6.02. The van der Waals surface area contributed by atoms with Crippen molar-refractivity contribution >= 4 is 5.91 Å². The van der Waals surface area contributed by atoms with Gasteiger partial charge in [0.25, 0.3) is 0 Å². The van der Waals surface area contributed by atoms with Crippen molar-refractivity contribution in [3.05, 3.63) is 82.2 Å². The summed E-state index contributed by atoms with van der Waals surface area (Å²) in [7, 11) is 0. The summed E-state index contributed by atoms with van der Waals surface area (Å²) in [6.07, 6.45) is 0. The summed E-state index contributed by atoms with van der Waals surface area (Å²) in [6.45, 7) is 2.87. The summed E-state index contributed by atoms with van der Waals surface area (Å²) < 4.78 is 0. The maximum atomic E-state index is 12.6. The van der Waals surface area contributed by atoms with Crippen LogP contribution in [0.15, 0.2) is 65.8 Å². The van der Waals surface area contributed by atoms with Crippen LogP contribution in [0.1, 0.15) is 31.0 Å². The Hall–Kier alpha value is -2.82. The number of aliphatic hydroxyl groups is 1. The monoisotopic (exact) mass is 324 g/mol. The number of amides is 1. The molecule has 0 aliphatic heterocycles. The van der Waals surface area contributed by atoms with Gasteiger partial charge in [-0.3, -0.25) is 4.79 Å². The molecule has 6 nitrogen and oxygen atoms in total. The Kier molecular flexibility index (Phi) is 5.58. The number of azide groups is 1. The number of nitrogens with zero attached hydrogens (tertiary/aromatic N) is 3. The minimum atomic E-state index is -1.46. The highest BCUT2D eigenvalue weighted by atomic mass is 16.3. The zero-order chi connectivity index (χ0) is 17.6. The van der Waals surface area contributed by atoms with E-state index in [1.165, 1.54) is 13.8 Å². The molecule has 124 valence electrons. The second kappa shape index (κ2) is 7.64. The predicted octanol–water partition coefficient (Wildman–Crippen LogP) is 3.34. The molecule has 0 fully saturated rings. The maximum Gasteiger partial charge on any atom is 0.232 e. The van der Waals surface area contributed by atoms with E-state index in [4.69, 9.17) is 5.53 Å². The van der Waals surface area contributed by atoms with Gasteiger partial charge in [0.2, 0.25) is 5.91 Å². The lowest BCUT2D eigenvalue weighted by Crippen LogP contribution is -2.47. The Morgan fingerprint density at radius 3 is 1.92 bits per heavy atom. The third-order valence-electron chi connectivity index (χ3n) is 3.64. The molecule has 2 aromatic carbocycles. The van der Waals surface area contributed by atoms with Crippen LogP contribution in [0.2, 0.25) is 0 Å². The molecule has 0 spiro atoms. The fourth-order valence-corrected chi connectivity index (χ4v) is 2.44. The number of hydrogen-bond acceptors (Lipinski definition) is 3. The first-order valence-corrected chi connectivity index (χ1v) is 7.60. The molecule has 0 radical (unpaired) electrons. The van der Waals surface area contributed by atoms with E-state index >= 15 is 0 Å². The van der Waals surface area contributed by atoms with Gasteiger partial charge in [0, 0.05) is 4.91 Å². The molecule has 2 aromatic rings. The SMILES string of the molecule is CC(C)(O)[C@H](N=[N+]=[N-])C(=O)NC(c1ccccc1)c1ccccc1. The van der Waals surface area contributed by atoms with Crippen LogP contribution in [0.5, 0.6) is 0 Å². The number of hydrogen-bond donors (Lipinski definition) is 2. The quantitative estimate of drug-likeness (QED) is 0.484. The summed E-state index contributed by atoms with van der Waals surface area (Å²) in [5.74, 6) is -0.530.